The lowest BCUT2D eigenvalue weighted by molar-refractivity contribution is -0.152. The van der Waals surface area contributed by atoms with E-state index in [-0.39, 0.29) is 5.02 Å². The molecule has 5 heteroatoms. The van der Waals surface area contributed by atoms with Gasteiger partial charge in [-0.05, 0) is 37.6 Å². The number of hydrogen-bond acceptors (Lipinski definition) is 3. The van der Waals surface area contributed by atoms with Crippen LogP contribution in [-0.4, -0.2) is 13.1 Å². The number of ether oxygens (including phenoxy) is 1. The molecule has 1 atom stereocenters. The number of esters is 1. The highest BCUT2D eigenvalue weighted by molar-refractivity contribution is 6.30. The Labute approximate surface area is 105 Å². The number of hydrogen-bond donors (Lipinski definition) is 1. The third-order valence-electron chi connectivity index (χ3n) is 2.73. The molecule has 0 aromatic heterocycles. The first kappa shape index (κ1) is 13.9. The van der Waals surface area contributed by atoms with E-state index in [0.717, 1.165) is 0 Å². The summed E-state index contributed by atoms with van der Waals surface area (Å²) >= 11 is 5.75. The van der Waals surface area contributed by atoms with Crippen molar-refractivity contribution in [3.05, 3.63) is 34.6 Å². The maximum absolute atomic E-state index is 13.2. The van der Waals surface area contributed by atoms with E-state index in [2.05, 4.69) is 4.74 Å². The van der Waals surface area contributed by atoms with Crippen molar-refractivity contribution in [1.82, 2.24) is 0 Å². The predicted molar refractivity (Wildman–Crippen MR) is 64.1 cm³/mol. The van der Waals surface area contributed by atoms with Gasteiger partial charge in [0.05, 0.1) is 12.5 Å². The smallest absolute Gasteiger partial charge is 0.313 e. The van der Waals surface area contributed by atoms with E-state index in [1.165, 1.54) is 19.2 Å². The maximum Gasteiger partial charge on any atom is 0.313 e. The van der Waals surface area contributed by atoms with Crippen LogP contribution in [0, 0.1) is 11.2 Å². The Bertz CT molecular complexity index is 414. The van der Waals surface area contributed by atoms with Crippen molar-refractivity contribution < 1.29 is 13.9 Å². The Morgan fingerprint density at radius 2 is 2.06 bits per heavy atom. The van der Waals surface area contributed by atoms with Crippen LogP contribution in [-0.2, 0) is 9.53 Å². The Morgan fingerprint density at radius 1 is 1.47 bits per heavy atom. The zero-order valence-electron chi connectivity index (χ0n) is 9.96. The van der Waals surface area contributed by atoms with Crippen LogP contribution in [0.25, 0.3) is 0 Å². The molecule has 1 rings (SSSR count). The van der Waals surface area contributed by atoms with Gasteiger partial charge in [-0.25, -0.2) is 4.39 Å². The minimum absolute atomic E-state index is 0.246. The van der Waals surface area contributed by atoms with Gasteiger partial charge in [0.2, 0.25) is 0 Å². The van der Waals surface area contributed by atoms with E-state index >= 15 is 0 Å². The molecule has 0 unspecified atom stereocenters. The normalized spacial score (nSPS) is 13.3. The molecule has 0 radical (unpaired) electrons. The number of carbonyl (C=O) groups excluding carboxylic acids is 1. The average molecular weight is 260 g/mol. The van der Waals surface area contributed by atoms with Crippen LogP contribution >= 0.6 is 11.6 Å². The fourth-order valence-electron chi connectivity index (χ4n) is 1.56. The number of halogens is 2. The number of rotatable bonds is 3. The summed E-state index contributed by atoms with van der Waals surface area (Å²) in [6.07, 6.45) is 0. The molecule has 1 aromatic carbocycles. The van der Waals surface area contributed by atoms with E-state index in [0.29, 0.717) is 5.56 Å². The third kappa shape index (κ3) is 2.96. The summed E-state index contributed by atoms with van der Waals surface area (Å²) in [6, 6.07) is 3.30. The van der Waals surface area contributed by atoms with Crippen LogP contribution in [0.2, 0.25) is 5.02 Å². The Balaban J connectivity index is 3.11. The van der Waals surface area contributed by atoms with E-state index in [4.69, 9.17) is 17.3 Å². The van der Waals surface area contributed by atoms with Gasteiger partial charge in [0.25, 0.3) is 0 Å². The first-order valence-electron chi connectivity index (χ1n) is 5.09. The van der Waals surface area contributed by atoms with Crippen molar-refractivity contribution in [3.8, 4) is 0 Å². The Hall–Kier alpha value is -1.13. The van der Waals surface area contributed by atoms with E-state index in [1.807, 2.05) is 0 Å². The van der Waals surface area contributed by atoms with Crippen LogP contribution in [0.4, 0.5) is 4.39 Å². The zero-order chi connectivity index (χ0) is 13.2. The summed E-state index contributed by atoms with van der Waals surface area (Å²) < 4.78 is 17.9. The lowest BCUT2D eigenvalue weighted by Crippen LogP contribution is -2.37. The van der Waals surface area contributed by atoms with Gasteiger partial charge in [-0.3, -0.25) is 4.79 Å². The van der Waals surface area contributed by atoms with Crippen molar-refractivity contribution in [2.24, 2.45) is 11.1 Å². The minimum atomic E-state index is -0.953. The van der Waals surface area contributed by atoms with E-state index in [1.54, 1.807) is 19.9 Å². The van der Waals surface area contributed by atoms with Crippen LogP contribution in [0.1, 0.15) is 25.5 Å². The molecule has 1 aromatic rings. The van der Waals surface area contributed by atoms with Crippen molar-refractivity contribution in [2.45, 2.75) is 19.9 Å². The van der Waals surface area contributed by atoms with Crippen LogP contribution in [0.3, 0.4) is 0 Å². The fourth-order valence-corrected chi connectivity index (χ4v) is 1.79. The van der Waals surface area contributed by atoms with Gasteiger partial charge in [-0.1, -0.05) is 11.6 Å². The largest absolute Gasteiger partial charge is 0.469 e. The van der Waals surface area contributed by atoms with E-state index in [9.17, 15) is 9.18 Å². The summed E-state index contributed by atoms with van der Waals surface area (Å²) in [6.45, 7) is 3.28. The molecule has 0 aliphatic rings. The highest BCUT2D eigenvalue weighted by atomic mass is 35.5. The Kier molecular flexibility index (Phi) is 4.11. The third-order valence-corrected chi connectivity index (χ3v) is 2.95. The fraction of sp³-hybridized carbons (Fsp3) is 0.417. The molecular weight excluding hydrogens is 245 g/mol. The first-order valence-corrected chi connectivity index (χ1v) is 5.47. The monoisotopic (exact) mass is 259 g/mol. The van der Waals surface area contributed by atoms with Gasteiger partial charge in [-0.2, -0.15) is 0 Å². The second kappa shape index (κ2) is 5.02. The summed E-state index contributed by atoms with van der Waals surface area (Å²) in [4.78, 5) is 11.6. The molecule has 0 saturated carbocycles. The minimum Gasteiger partial charge on any atom is -0.469 e. The molecule has 0 saturated heterocycles. The van der Waals surface area contributed by atoms with Gasteiger partial charge < -0.3 is 10.5 Å². The molecule has 0 fully saturated rings. The molecule has 0 aliphatic heterocycles. The maximum atomic E-state index is 13.2. The van der Waals surface area contributed by atoms with Gasteiger partial charge in [-0.15, -0.1) is 0 Å². The summed E-state index contributed by atoms with van der Waals surface area (Å²) in [7, 11) is 1.29. The predicted octanol–water partition coefficient (Wildman–Crippen LogP) is 2.68. The van der Waals surface area contributed by atoms with Crippen LogP contribution < -0.4 is 5.73 Å². The first-order chi connectivity index (χ1) is 7.78. The van der Waals surface area contributed by atoms with Crippen molar-refractivity contribution >= 4 is 17.6 Å². The molecule has 0 spiro atoms. The lowest BCUT2D eigenvalue weighted by Gasteiger charge is -2.29. The summed E-state index contributed by atoms with van der Waals surface area (Å²) in [5, 5.41) is 0.246. The van der Waals surface area contributed by atoms with Gasteiger partial charge in [0.15, 0.2) is 0 Å². The lowest BCUT2D eigenvalue weighted by atomic mass is 9.81. The number of methoxy groups -OCH3 is 1. The molecule has 3 nitrogen and oxygen atoms in total. The van der Waals surface area contributed by atoms with Crippen LogP contribution in [0.15, 0.2) is 18.2 Å². The molecule has 94 valence electrons. The number of carbonyl (C=O) groups is 1. The standard InChI is InChI=1S/C12H15ClFNO2/c1-12(2,11(16)17-3)10(15)7-4-8(13)6-9(14)5-7/h4-6,10H,15H2,1-3H3/t10-/m0/s1. The van der Waals surface area contributed by atoms with Crippen molar-refractivity contribution in [3.63, 3.8) is 0 Å². The van der Waals surface area contributed by atoms with E-state index < -0.39 is 23.2 Å². The molecular formula is C12H15ClFNO2. The second-order valence-corrected chi connectivity index (χ2v) is 4.83. The molecule has 0 bridgehead atoms. The number of nitrogens with two attached hydrogens (primary N) is 1. The van der Waals surface area contributed by atoms with Gasteiger partial charge in [0, 0.05) is 11.1 Å². The average Bonchev–Trinajstić information content (AvgIpc) is 2.25. The summed E-state index contributed by atoms with van der Waals surface area (Å²) in [5.41, 5.74) is 5.47. The SMILES string of the molecule is COC(=O)C(C)(C)[C@@H](N)c1cc(F)cc(Cl)c1. The molecule has 2 N–H and O–H groups in total. The van der Waals surface area contributed by atoms with Crippen LogP contribution in [0.5, 0.6) is 0 Å². The highest BCUT2D eigenvalue weighted by Gasteiger charge is 2.36. The van der Waals surface area contributed by atoms with Gasteiger partial charge >= 0.3 is 5.97 Å². The molecule has 17 heavy (non-hydrogen) atoms. The topological polar surface area (TPSA) is 52.3 Å². The summed E-state index contributed by atoms with van der Waals surface area (Å²) in [5.74, 6) is -0.936. The Morgan fingerprint density at radius 3 is 2.53 bits per heavy atom. The molecule has 0 heterocycles. The molecule has 0 amide bonds. The van der Waals surface area contributed by atoms with Gasteiger partial charge in [0.1, 0.15) is 5.82 Å². The second-order valence-electron chi connectivity index (χ2n) is 4.39. The molecule has 0 aliphatic carbocycles. The van der Waals surface area contributed by atoms with Crippen molar-refractivity contribution in [2.75, 3.05) is 7.11 Å². The zero-order valence-corrected chi connectivity index (χ0v) is 10.7. The van der Waals surface area contributed by atoms with Crippen molar-refractivity contribution in [1.29, 1.82) is 0 Å². The highest BCUT2D eigenvalue weighted by Crippen LogP contribution is 2.33. The quantitative estimate of drug-likeness (QED) is 0.849. The number of benzene rings is 1.